The number of rotatable bonds is 4. The molecule has 0 fully saturated rings. The Kier molecular flexibility index (Phi) is 5.08. The first kappa shape index (κ1) is 15.7. The number of pyridine rings is 1. The summed E-state index contributed by atoms with van der Waals surface area (Å²) in [6, 6.07) is 5.03. The van der Waals surface area contributed by atoms with E-state index in [2.05, 4.69) is 26.2 Å². The number of hydrogen-bond acceptors (Lipinski definition) is 5. The summed E-state index contributed by atoms with van der Waals surface area (Å²) >= 11 is 4.56. The molecule has 1 N–H and O–H groups in total. The van der Waals surface area contributed by atoms with Crippen molar-refractivity contribution in [2.75, 3.05) is 11.9 Å². The zero-order valence-electron chi connectivity index (χ0n) is 11.5. The number of carbonyl (C=O) groups is 2. The number of esters is 1. The second-order valence-electron chi connectivity index (χ2n) is 4.12. The van der Waals surface area contributed by atoms with Crippen molar-refractivity contribution >= 4 is 44.1 Å². The average molecular weight is 369 g/mol. The van der Waals surface area contributed by atoms with E-state index < -0.39 is 5.97 Å². The molecular formula is C14H13BrN2O3S. The summed E-state index contributed by atoms with van der Waals surface area (Å²) in [5.74, 6) is -0.773. The van der Waals surface area contributed by atoms with Crippen LogP contribution in [0.25, 0.3) is 0 Å². The van der Waals surface area contributed by atoms with E-state index in [1.807, 2.05) is 6.92 Å². The molecule has 2 heterocycles. The molecule has 7 heteroatoms. The topological polar surface area (TPSA) is 68.3 Å². The molecule has 0 atom stereocenters. The molecule has 110 valence electrons. The maximum Gasteiger partial charge on any atom is 0.341 e. The van der Waals surface area contributed by atoms with E-state index in [0.717, 1.165) is 4.88 Å². The SMILES string of the molecule is CCOC(=O)c1cc(C)sc1NC(=O)c1cccnc1Br. The van der Waals surface area contributed by atoms with Crippen molar-refractivity contribution in [1.82, 2.24) is 4.98 Å². The van der Waals surface area contributed by atoms with Crippen LogP contribution >= 0.6 is 27.3 Å². The van der Waals surface area contributed by atoms with Crippen LogP contribution in [0.2, 0.25) is 0 Å². The van der Waals surface area contributed by atoms with Crippen molar-refractivity contribution in [3.63, 3.8) is 0 Å². The Balaban J connectivity index is 2.26. The van der Waals surface area contributed by atoms with E-state index in [1.165, 1.54) is 11.3 Å². The van der Waals surface area contributed by atoms with Crippen LogP contribution in [0, 0.1) is 6.92 Å². The van der Waals surface area contributed by atoms with Crippen LogP contribution in [0.3, 0.4) is 0 Å². The maximum absolute atomic E-state index is 12.3. The first-order valence-electron chi connectivity index (χ1n) is 6.22. The Labute approximate surface area is 134 Å². The van der Waals surface area contributed by atoms with Gasteiger partial charge in [-0.25, -0.2) is 9.78 Å². The Morgan fingerprint density at radius 2 is 2.19 bits per heavy atom. The van der Waals surface area contributed by atoms with Gasteiger partial charge in [-0.1, -0.05) is 0 Å². The zero-order valence-corrected chi connectivity index (χ0v) is 13.9. The molecule has 0 saturated heterocycles. The summed E-state index contributed by atoms with van der Waals surface area (Å²) in [6.07, 6.45) is 1.58. The Morgan fingerprint density at radius 1 is 1.43 bits per heavy atom. The highest BCUT2D eigenvalue weighted by Gasteiger charge is 2.19. The molecule has 1 amide bonds. The standard InChI is InChI=1S/C14H13BrN2O3S/c1-3-20-14(19)10-7-8(2)21-13(10)17-12(18)9-5-4-6-16-11(9)15/h4-7H,3H2,1-2H3,(H,17,18). The van der Waals surface area contributed by atoms with Gasteiger partial charge in [-0.3, -0.25) is 4.79 Å². The minimum atomic E-state index is -0.442. The van der Waals surface area contributed by atoms with E-state index in [1.54, 1.807) is 31.3 Å². The number of hydrogen-bond donors (Lipinski definition) is 1. The summed E-state index contributed by atoms with van der Waals surface area (Å²) in [5, 5.41) is 3.21. The number of nitrogens with zero attached hydrogens (tertiary/aromatic N) is 1. The quantitative estimate of drug-likeness (QED) is 0.660. The Morgan fingerprint density at radius 3 is 2.86 bits per heavy atom. The monoisotopic (exact) mass is 368 g/mol. The lowest BCUT2D eigenvalue weighted by Gasteiger charge is -2.06. The number of thiophene rings is 1. The lowest BCUT2D eigenvalue weighted by molar-refractivity contribution is 0.0528. The highest BCUT2D eigenvalue weighted by Crippen LogP contribution is 2.29. The van der Waals surface area contributed by atoms with Gasteiger partial charge in [0.2, 0.25) is 0 Å². The third kappa shape index (κ3) is 3.68. The van der Waals surface area contributed by atoms with Gasteiger partial charge >= 0.3 is 5.97 Å². The Hall–Kier alpha value is -1.73. The average Bonchev–Trinajstić information content (AvgIpc) is 2.80. The minimum absolute atomic E-state index is 0.287. The number of halogens is 1. The molecule has 0 saturated carbocycles. The van der Waals surface area contributed by atoms with Gasteiger partial charge in [0.15, 0.2) is 0 Å². The zero-order chi connectivity index (χ0) is 15.4. The maximum atomic E-state index is 12.3. The lowest BCUT2D eigenvalue weighted by atomic mass is 10.2. The summed E-state index contributed by atoms with van der Waals surface area (Å²) in [4.78, 5) is 29.0. The summed E-state index contributed by atoms with van der Waals surface area (Å²) in [7, 11) is 0. The van der Waals surface area contributed by atoms with Gasteiger partial charge < -0.3 is 10.1 Å². The van der Waals surface area contributed by atoms with Crippen molar-refractivity contribution < 1.29 is 14.3 Å². The fraction of sp³-hybridized carbons (Fsp3) is 0.214. The van der Waals surface area contributed by atoms with Gasteiger partial charge in [-0.2, -0.15) is 0 Å². The second kappa shape index (κ2) is 6.82. The molecule has 2 aromatic rings. The number of anilines is 1. The lowest BCUT2D eigenvalue weighted by Crippen LogP contribution is -2.15. The number of nitrogens with one attached hydrogen (secondary N) is 1. The third-order valence-corrected chi connectivity index (χ3v) is 4.18. The van der Waals surface area contributed by atoms with Gasteiger partial charge in [0.05, 0.1) is 17.7 Å². The molecule has 0 aliphatic rings. The number of aromatic nitrogens is 1. The molecule has 0 unspecified atom stereocenters. The molecule has 0 radical (unpaired) electrons. The smallest absolute Gasteiger partial charge is 0.341 e. The fourth-order valence-electron chi connectivity index (χ4n) is 1.69. The summed E-state index contributed by atoms with van der Waals surface area (Å²) in [5.41, 5.74) is 0.770. The normalized spacial score (nSPS) is 10.2. The first-order valence-corrected chi connectivity index (χ1v) is 7.83. The van der Waals surface area contributed by atoms with Crippen molar-refractivity contribution in [2.45, 2.75) is 13.8 Å². The molecule has 2 aromatic heterocycles. The van der Waals surface area contributed by atoms with Gasteiger partial charge in [-0.15, -0.1) is 11.3 Å². The van der Waals surface area contributed by atoms with Crippen LogP contribution in [0.5, 0.6) is 0 Å². The highest BCUT2D eigenvalue weighted by molar-refractivity contribution is 9.10. The molecule has 5 nitrogen and oxygen atoms in total. The fourth-order valence-corrected chi connectivity index (χ4v) is 3.02. The van der Waals surface area contributed by atoms with Crippen LogP contribution in [0.1, 0.15) is 32.5 Å². The van der Waals surface area contributed by atoms with Crippen molar-refractivity contribution in [3.05, 3.63) is 45.0 Å². The minimum Gasteiger partial charge on any atom is -0.462 e. The van der Waals surface area contributed by atoms with E-state index in [4.69, 9.17) is 4.74 Å². The molecule has 0 spiro atoms. The van der Waals surface area contributed by atoms with Gasteiger partial charge in [0, 0.05) is 11.1 Å². The largest absolute Gasteiger partial charge is 0.462 e. The molecule has 0 aliphatic carbocycles. The van der Waals surface area contributed by atoms with Crippen LogP contribution < -0.4 is 5.32 Å². The van der Waals surface area contributed by atoms with Crippen molar-refractivity contribution in [1.29, 1.82) is 0 Å². The molecular weight excluding hydrogens is 356 g/mol. The molecule has 21 heavy (non-hydrogen) atoms. The summed E-state index contributed by atoms with van der Waals surface area (Å²) < 4.78 is 5.44. The number of ether oxygens (including phenoxy) is 1. The van der Waals surface area contributed by atoms with E-state index in [0.29, 0.717) is 20.7 Å². The molecule has 0 bridgehead atoms. The van der Waals surface area contributed by atoms with E-state index in [-0.39, 0.29) is 12.5 Å². The summed E-state index contributed by atoms with van der Waals surface area (Å²) in [6.45, 7) is 3.89. The number of carbonyl (C=O) groups excluding carboxylic acids is 2. The Bertz CT molecular complexity index is 685. The number of aryl methyl sites for hydroxylation is 1. The molecule has 2 rings (SSSR count). The van der Waals surface area contributed by atoms with Gasteiger partial charge in [0.1, 0.15) is 9.60 Å². The van der Waals surface area contributed by atoms with Crippen molar-refractivity contribution in [2.24, 2.45) is 0 Å². The van der Waals surface area contributed by atoms with Gasteiger partial charge in [0.25, 0.3) is 5.91 Å². The highest BCUT2D eigenvalue weighted by atomic mass is 79.9. The first-order chi connectivity index (χ1) is 10.0. The van der Waals surface area contributed by atoms with Gasteiger partial charge in [-0.05, 0) is 48.0 Å². The second-order valence-corrected chi connectivity index (χ2v) is 6.12. The number of amides is 1. The van der Waals surface area contributed by atoms with Crippen LogP contribution in [-0.2, 0) is 4.74 Å². The van der Waals surface area contributed by atoms with Crippen LogP contribution in [0.4, 0.5) is 5.00 Å². The van der Waals surface area contributed by atoms with Crippen LogP contribution in [-0.4, -0.2) is 23.5 Å². The third-order valence-electron chi connectivity index (χ3n) is 2.58. The van der Waals surface area contributed by atoms with E-state index in [9.17, 15) is 9.59 Å². The molecule has 0 aliphatic heterocycles. The molecule has 0 aromatic carbocycles. The van der Waals surface area contributed by atoms with E-state index >= 15 is 0 Å². The predicted octanol–water partition coefficient (Wildman–Crippen LogP) is 3.64. The van der Waals surface area contributed by atoms with Crippen molar-refractivity contribution in [3.8, 4) is 0 Å². The van der Waals surface area contributed by atoms with Crippen LogP contribution in [0.15, 0.2) is 29.0 Å². The predicted molar refractivity (Wildman–Crippen MR) is 84.9 cm³/mol.